The molecular weight excluding hydrogens is 340 g/mol. The molecule has 2 aromatic carbocycles. The van der Waals surface area contributed by atoms with Gasteiger partial charge in [-0.1, -0.05) is 0 Å². The van der Waals surface area contributed by atoms with Crippen LogP contribution in [0.5, 0.6) is 5.75 Å². The van der Waals surface area contributed by atoms with Gasteiger partial charge in [-0.05, 0) is 49.1 Å². The Bertz CT molecular complexity index is 910. The molecule has 0 saturated heterocycles. The van der Waals surface area contributed by atoms with Crippen molar-refractivity contribution in [2.75, 3.05) is 12.5 Å². The number of fused-ring (bicyclic) bond motifs is 1. The molecule has 0 fully saturated rings. The van der Waals surface area contributed by atoms with Gasteiger partial charge in [0.25, 0.3) is 5.69 Å². The second kappa shape index (κ2) is 7.18. The first-order valence-corrected chi connectivity index (χ1v) is 7.92. The van der Waals surface area contributed by atoms with Crippen molar-refractivity contribution in [2.45, 2.75) is 19.3 Å². The number of nitrogens with zero attached hydrogens (tertiary/aromatic N) is 3. The molecule has 134 valence electrons. The van der Waals surface area contributed by atoms with E-state index in [1.54, 1.807) is 7.11 Å². The number of nitro benzene ring substituents is 2. The predicted molar refractivity (Wildman–Crippen MR) is 95.8 cm³/mol. The number of nitrogens with one attached hydrogen (secondary N) is 1. The third-order valence-corrected chi connectivity index (χ3v) is 4.18. The molecule has 9 heteroatoms. The Balaban J connectivity index is 1.92. The minimum absolute atomic E-state index is 0.105. The predicted octanol–water partition coefficient (Wildman–Crippen LogP) is 3.66. The topological polar surface area (TPSA) is 120 Å². The lowest BCUT2D eigenvalue weighted by Gasteiger charge is -2.18. The molecule has 0 aromatic heterocycles. The zero-order valence-electron chi connectivity index (χ0n) is 14.0. The molecule has 0 unspecified atom stereocenters. The summed E-state index contributed by atoms with van der Waals surface area (Å²) < 4.78 is 5.23. The monoisotopic (exact) mass is 356 g/mol. The summed E-state index contributed by atoms with van der Waals surface area (Å²) in [5.74, 6) is 0.768. The third kappa shape index (κ3) is 3.46. The lowest BCUT2D eigenvalue weighted by Crippen LogP contribution is -2.14. The maximum Gasteiger partial charge on any atom is 0.301 e. The third-order valence-electron chi connectivity index (χ3n) is 4.18. The van der Waals surface area contributed by atoms with E-state index in [0.717, 1.165) is 47.9 Å². The number of hydrogen-bond acceptors (Lipinski definition) is 7. The molecule has 0 heterocycles. The first kappa shape index (κ1) is 17.3. The average molecular weight is 356 g/mol. The Morgan fingerprint density at radius 2 is 1.88 bits per heavy atom. The van der Waals surface area contributed by atoms with Gasteiger partial charge in [0.1, 0.15) is 11.4 Å². The SMILES string of the molecule is COc1ccc2c(c1)CCCC2=NNc1ccc([N+](=O)[O-])cc1[N+](=O)[O-]. The smallest absolute Gasteiger partial charge is 0.301 e. The number of rotatable bonds is 5. The Morgan fingerprint density at radius 1 is 1.08 bits per heavy atom. The fourth-order valence-corrected chi connectivity index (χ4v) is 2.89. The van der Waals surface area contributed by atoms with Crippen molar-refractivity contribution in [1.29, 1.82) is 0 Å². The zero-order valence-corrected chi connectivity index (χ0v) is 14.0. The number of hydrazone groups is 1. The van der Waals surface area contributed by atoms with E-state index in [1.807, 2.05) is 18.2 Å². The Hall–Kier alpha value is -3.49. The van der Waals surface area contributed by atoms with E-state index in [1.165, 1.54) is 12.1 Å². The summed E-state index contributed by atoms with van der Waals surface area (Å²) in [4.78, 5) is 20.7. The molecule has 9 nitrogen and oxygen atoms in total. The van der Waals surface area contributed by atoms with Gasteiger partial charge in [-0.15, -0.1) is 0 Å². The first-order chi connectivity index (χ1) is 12.5. The Kier molecular flexibility index (Phi) is 4.78. The van der Waals surface area contributed by atoms with Gasteiger partial charge in [0.15, 0.2) is 0 Å². The lowest BCUT2D eigenvalue weighted by molar-refractivity contribution is -0.393. The fourth-order valence-electron chi connectivity index (χ4n) is 2.89. The minimum Gasteiger partial charge on any atom is -0.497 e. The summed E-state index contributed by atoms with van der Waals surface area (Å²) in [5.41, 5.74) is 4.91. The summed E-state index contributed by atoms with van der Waals surface area (Å²) in [5, 5.41) is 26.3. The lowest BCUT2D eigenvalue weighted by atomic mass is 9.90. The molecule has 2 aromatic rings. The van der Waals surface area contributed by atoms with Crippen LogP contribution in [0, 0.1) is 20.2 Å². The second-order valence-corrected chi connectivity index (χ2v) is 5.76. The molecule has 0 bridgehead atoms. The van der Waals surface area contributed by atoms with Crippen LogP contribution in [0.15, 0.2) is 41.5 Å². The van der Waals surface area contributed by atoms with Crippen LogP contribution in [0.25, 0.3) is 0 Å². The maximum absolute atomic E-state index is 11.2. The Morgan fingerprint density at radius 3 is 2.58 bits per heavy atom. The van der Waals surface area contributed by atoms with Crippen molar-refractivity contribution in [1.82, 2.24) is 0 Å². The highest BCUT2D eigenvalue weighted by Gasteiger charge is 2.20. The molecule has 0 radical (unpaired) electrons. The summed E-state index contributed by atoms with van der Waals surface area (Å²) in [6.45, 7) is 0. The fraction of sp³-hybridized carbons (Fsp3) is 0.235. The van der Waals surface area contributed by atoms with Crippen LogP contribution in [-0.2, 0) is 6.42 Å². The quantitative estimate of drug-likeness (QED) is 0.645. The van der Waals surface area contributed by atoms with Crippen molar-refractivity contribution < 1.29 is 14.6 Å². The van der Waals surface area contributed by atoms with Gasteiger partial charge in [-0.3, -0.25) is 25.7 Å². The molecule has 1 aliphatic rings. The zero-order chi connectivity index (χ0) is 18.7. The highest BCUT2D eigenvalue weighted by atomic mass is 16.6. The number of hydrogen-bond donors (Lipinski definition) is 1. The highest BCUT2D eigenvalue weighted by Crippen LogP contribution is 2.30. The van der Waals surface area contributed by atoms with Crippen LogP contribution < -0.4 is 10.2 Å². The molecule has 3 rings (SSSR count). The van der Waals surface area contributed by atoms with Gasteiger partial charge in [-0.2, -0.15) is 5.10 Å². The molecule has 0 saturated carbocycles. The van der Waals surface area contributed by atoms with E-state index in [9.17, 15) is 20.2 Å². The number of benzene rings is 2. The van der Waals surface area contributed by atoms with Crippen LogP contribution in [-0.4, -0.2) is 22.7 Å². The summed E-state index contributed by atoms with van der Waals surface area (Å²) in [6.07, 6.45) is 2.54. The summed E-state index contributed by atoms with van der Waals surface area (Å²) >= 11 is 0. The van der Waals surface area contributed by atoms with Crippen LogP contribution in [0.2, 0.25) is 0 Å². The van der Waals surface area contributed by atoms with Crippen LogP contribution in [0.4, 0.5) is 17.1 Å². The summed E-state index contributed by atoms with van der Waals surface area (Å²) in [7, 11) is 1.61. The van der Waals surface area contributed by atoms with Crippen molar-refractivity contribution >= 4 is 22.8 Å². The minimum atomic E-state index is -0.673. The molecular formula is C17H16N4O5. The van der Waals surface area contributed by atoms with Crippen molar-refractivity contribution in [3.05, 3.63) is 67.8 Å². The van der Waals surface area contributed by atoms with Gasteiger partial charge in [0.05, 0.1) is 28.7 Å². The van der Waals surface area contributed by atoms with E-state index in [4.69, 9.17) is 4.74 Å². The number of non-ortho nitro benzene ring substituents is 1. The van der Waals surface area contributed by atoms with Crippen LogP contribution in [0.3, 0.4) is 0 Å². The molecule has 26 heavy (non-hydrogen) atoms. The molecule has 0 spiro atoms. The molecule has 0 atom stereocenters. The van der Waals surface area contributed by atoms with E-state index in [2.05, 4.69) is 10.5 Å². The standard InChI is InChI=1S/C17H16N4O5/c1-26-13-6-7-14-11(9-13)3-2-4-15(14)18-19-16-8-5-12(20(22)23)10-17(16)21(24)25/h5-10,19H,2-4H2,1H3. The molecule has 1 aliphatic carbocycles. The van der Waals surface area contributed by atoms with Gasteiger partial charge in [0.2, 0.25) is 0 Å². The Labute approximate surface area is 148 Å². The normalized spacial score (nSPS) is 14.6. The average Bonchev–Trinajstić information content (AvgIpc) is 2.65. The number of methoxy groups -OCH3 is 1. The second-order valence-electron chi connectivity index (χ2n) is 5.76. The molecule has 1 N–H and O–H groups in total. The van der Waals surface area contributed by atoms with Crippen molar-refractivity contribution in [3.8, 4) is 5.75 Å². The summed E-state index contributed by atoms with van der Waals surface area (Å²) in [6, 6.07) is 9.12. The maximum atomic E-state index is 11.2. The van der Waals surface area contributed by atoms with Crippen molar-refractivity contribution in [3.63, 3.8) is 0 Å². The van der Waals surface area contributed by atoms with Gasteiger partial charge < -0.3 is 4.74 Å². The number of nitro groups is 2. The molecule has 0 amide bonds. The number of ether oxygens (including phenoxy) is 1. The van der Waals surface area contributed by atoms with Crippen LogP contribution in [0.1, 0.15) is 24.0 Å². The van der Waals surface area contributed by atoms with Crippen LogP contribution >= 0.6 is 0 Å². The number of aryl methyl sites for hydroxylation is 1. The largest absolute Gasteiger partial charge is 0.497 e. The van der Waals surface area contributed by atoms with Gasteiger partial charge in [-0.25, -0.2) is 0 Å². The molecule has 0 aliphatic heterocycles. The van der Waals surface area contributed by atoms with E-state index < -0.39 is 15.5 Å². The first-order valence-electron chi connectivity index (χ1n) is 7.92. The van der Waals surface area contributed by atoms with Gasteiger partial charge in [0, 0.05) is 11.6 Å². The van der Waals surface area contributed by atoms with E-state index >= 15 is 0 Å². The van der Waals surface area contributed by atoms with E-state index in [-0.39, 0.29) is 11.4 Å². The highest BCUT2D eigenvalue weighted by molar-refractivity contribution is 6.03. The number of anilines is 1. The van der Waals surface area contributed by atoms with E-state index in [0.29, 0.717) is 0 Å². The van der Waals surface area contributed by atoms with Gasteiger partial charge >= 0.3 is 5.69 Å². The van der Waals surface area contributed by atoms with Crippen molar-refractivity contribution in [2.24, 2.45) is 5.10 Å².